The van der Waals surface area contributed by atoms with E-state index in [9.17, 15) is 0 Å². The molecule has 0 aromatic carbocycles. The lowest BCUT2D eigenvalue weighted by atomic mass is 9.94. The van der Waals surface area contributed by atoms with Gasteiger partial charge < -0.3 is 4.90 Å². The van der Waals surface area contributed by atoms with Gasteiger partial charge in [0.2, 0.25) is 0 Å². The normalized spacial score (nSPS) is 20.4. The molecule has 0 unspecified atom stereocenters. The van der Waals surface area contributed by atoms with E-state index in [2.05, 4.69) is 19.9 Å². The summed E-state index contributed by atoms with van der Waals surface area (Å²) >= 11 is 6.09. The number of nitrogens with zero attached hydrogens (tertiary/aromatic N) is 4. The summed E-state index contributed by atoms with van der Waals surface area (Å²) in [5.41, 5.74) is 0.960. The van der Waals surface area contributed by atoms with E-state index < -0.39 is 0 Å². The molecule has 0 saturated heterocycles. The minimum Gasteiger partial charge on any atom is -0.314 e. The zero-order chi connectivity index (χ0) is 11.7. The van der Waals surface area contributed by atoms with Crippen LogP contribution < -0.4 is 4.90 Å². The highest BCUT2D eigenvalue weighted by Crippen LogP contribution is 2.31. The van der Waals surface area contributed by atoms with Crippen molar-refractivity contribution in [2.45, 2.75) is 44.7 Å². The molecule has 1 saturated carbocycles. The summed E-state index contributed by atoms with van der Waals surface area (Å²) in [5, 5.41) is 0.535. The van der Waals surface area contributed by atoms with Gasteiger partial charge in [-0.1, -0.05) is 30.9 Å². The lowest BCUT2D eigenvalue weighted by Gasteiger charge is -2.34. The van der Waals surface area contributed by atoms with Crippen molar-refractivity contribution in [2.75, 3.05) is 4.90 Å². The minimum atomic E-state index is 0.525. The minimum absolute atomic E-state index is 0.525. The van der Waals surface area contributed by atoms with Crippen LogP contribution in [0.1, 0.15) is 37.7 Å². The van der Waals surface area contributed by atoms with Crippen LogP contribution in [0.15, 0.2) is 11.3 Å². The molecule has 0 amide bonds. The average molecular weight is 251 g/mol. The topological polar surface area (TPSA) is 41.4 Å². The predicted octanol–water partition coefficient (Wildman–Crippen LogP) is 2.81. The number of aromatic nitrogens is 2. The third-order valence-electron chi connectivity index (χ3n) is 3.54. The van der Waals surface area contributed by atoms with Crippen LogP contribution in [0.25, 0.3) is 0 Å². The molecule has 0 bridgehead atoms. The number of hydrogen-bond donors (Lipinski definition) is 0. The van der Waals surface area contributed by atoms with E-state index in [1.807, 2.05) is 6.34 Å². The van der Waals surface area contributed by atoms with Crippen LogP contribution in [0.3, 0.4) is 0 Å². The molecule has 1 aliphatic carbocycles. The molecule has 90 valence electrons. The van der Waals surface area contributed by atoms with Gasteiger partial charge in [0.25, 0.3) is 0 Å². The van der Waals surface area contributed by atoms with Crippen molar-refractivity contribution in [2.24, 2.45) is 4.99 Å². The number of anilines is 1. The zero-order valence-corrected chi connectivity index (χ0v) is 10.4. The molecule has 1 aromatic heterocycles. The highest BCUT2D eigenvalue weighted by atomic mass is 35.5. The fourth-order valence-electron chi connectivity index (χ4n) is 2.64. The van der Waals surface area contributed by atoms with Crippen LogP contribution in [-0.2, 0) is 6.54 Å². The summed E-state index contributed by atoms with van der Waals surface area (Å²) in [4.78, 5) is 15.0. The smallest absolute Gasteiger partial charge is 0.143 e. The van der Waals surface area contributed by atoms with Crippen LogP contribution in [0, 0.1) is 0 Å². The van der Waals surface area contributed by atoms with Crippen LogP contribution >= 0.6 is 11.6 Å². The SMILES string of the molecule is Clc1ncnc2c1CN=CN2C1CCCCC1. The van der Waals surface area contributed by atoms with Crippen LogP contribution in [0.2, 0.25) is 5.15 Å². The van der Waals surface area contributed by atoms with Gasteiger partial charge in [-0.25, -0.2) is 9.97 Å². The summed E-state index contributed by atoms with van der Waals surface area (Å²) in [6.07, 6.45) is 9.82. The van der Waals surface area contributed by atoms with E-state index in [0.29, 0.717) is 17.7 Å². The Morgan fingerprint density at radius 1 is 1.18 bits per heavy atom. The highest BCUT2D eigenvalue weighted by Gasteiger charge is 2.26. The fourth-order valence-corrected chi connectivity index (χ4v) is 2.83. The van der Waals surface area contributed by atoms with Crippen molar-refractivity contribution in [1.29, 1.82) is 0 Å². The fraction of sp³-hybridized carbons (Fsp3) is 0.583. The molecule has 0 radical (unpaired) electrons. The average Bonchev–Trinajstić information content (AvgIpc) is 2.40. The van der Waals surface area contributed by atoms with Gasteiger partial charge in [-0.15, -0.1) is 0 Å². The van der Waals surface area contributed by atoms with Crippen LogP contribution in [0.5, 0.6) is 0 Å². The molecule has 1 fully saturated rings. The lowest BCUT2D eigenvalue weighted by molar-refractivity contribution is 0.438. The molecule has 0 atom stereocenters. The molecule has 1 aliphatic heterocycles. The number of aliphatic imine (C=N–C) groups is 1. The number of rotatable bonds is 1. The van der Waals surface area contributed by atoms with E-state index in [-0.39, 0.29) is 0 Å². The van der Waals surface area contributed by atoms with E-state index in [1.165, 1.54) is 38.4 Å². The molecule has 2 aliphatic rings. The molecular formula is C12H15ClN4. The number of hydrogen-bond acceptors (Lipinski definition) is 4. The maximum Gasteiger partial charge on any atom is 0.143 e. The van der Waals surface area contributed by atoms with Gasteiger partial charge in [-0.3, -0.25) is 4.99 Å². The second-order valence-electron chi connectivity index (χ2n) is 4.62. The Balaban J connectivity index is 1.93. The van der Waals surface area contributed by atoms with Gasteiger partial charge >= 0.3 is 0 Å². The van der Waals surface area contributed by atoms with E-state index in [0.717, 1.165) is 11.4 Å². The summed E-state index contributed by atoms with van der Waals surface area (Å²) < 4.78 is 0. The summed E-state index contributed by atoms with van der Waals surface area (Å²) in [6.45, 7) is 0.595. The first-order valence-corrected chi connectivity index (χ1v) is 6.52. The van der Waals surface area contributed by atoms with Gasteiger partial charge in [-0.05, 0) is 12.8 Å². The monoisotopic (exact) mass is 250 g/mol. The summed E-state index contributed by atoms with van der Waals surface area (Å²) in [5.74, 6) is 0.951. The summed E-state index contributed by atoms with van der Waals surface area (Å²) in [6, 6.07) is 0.525. The van der Waals surface area contributed by atoms with E-state index in [1.54, 1.807) is 0 Å². The number of halogens is 1. The Bertz CT molecular complexity index is 440. The molecule has 5 heteroatoms. The molecule has 3 rings (SSSR count). The predicted molar refractivity (Wildman–Crippen MR) is 68.6 cm³/mol. The van der Waals surface area contributed by atoms with Gasteiger partial charge in [0.15, 0.2) is 0 Å². The van der Waals surface area contributed by atoms with Gasteiger partial charge in [0, 0.05) is 6.04 Å². The standard InChI is InChI=1S/C12H15ClN4/c13-11-10-6-14-8-17(12(10)16-7-15-11)9-4-2-1-3-5-9/h7-9H,1-6H2. The van der Waals surface area contributed by atoms with E-state index in [4.69, 9.17) is 11.6 Å². The first-order valence-electron chi connectivity index (χ1n) is 6.14. The zero-order valence-electron chi connectivity index (χ0n) is 9.64. The van der Waals surface area contributed by atoms with Gasteiger partial charge in [0.1, 0.15) is 17.3 Å². The Morgan fingerprint density at radius 3 is 2.82 bits per heavy atom. The molecule has 2 heterocycles. The maximum absolute atomic E-state index is 6.09. The first-order chi connectivity index (χ1) is 8.36. The van der Waals surface area contributed by atoms with Crippen molar-refractivity contribution >= 4 is 23.8 Å². The second-order valence-corrected chi connectivity index (χ2v) is 4.98. The van der Waals surface area contributed by atoms with Gasteiger partial charge in [0.05, 0.1) is 18.4 Å². The molecule has 17 heavy (non-hydrogen) atoms. The van der Waals surface area contributed by atoms with E-state index >= 15 is 0 Å². The molecule has 0 N–H and O–H groups in total. The van der Waals surface area contributed by atoms with Crippen molar-refractivity contribution in [1.82, 2.24) is 9.97 Å². The van der Waals surface area contributed by atoms with Crippen molar-refractivity contribution < 1.29 is 0 Å². The lowest BCUT2D eigenvalue weighted by Crippen LogP contribution is -2.38. The Labute approximate surface area is 106 Å². The Hall–Kier alpha value is -1.16. The third kappa shape index (κ3) is 2.02. The van der Waals surface area contributed by atoms with Crippen LogP contribution in [0.4, 0.5) is 5.82 Å². The maximum atomic E-state index is 6.09. The number of fused-ring (bicyclic) bond motifs is 1. The van der Waals surface area contributed by atoms with Crippen molar-refractivity contribution in [3.8, 4) is 0 Å². The van der Waals surface area contributed by atoms with Crippen molar-refractivity contribution in [3.63, 3.8) is 0 Å². The first kappa shape index (κ1) is 11.0. The molecular weight excluding hydrogens is 236 g/mol. The highest BCUT2D eigenvalue weighted by molar-refractivity contribution is 6.30. The molecule has 0 spiro atoms. The van der Waals surface area contributed by atoms with Gasteiger partial charge in [-0.2, -0.15) is 0 Å². The largest absolute Gasteiger partial charge is 0.314 e. The Kier molecular flexibility index (Phi) is 2.97. The van der Waals surface area contributed by atoms with Crippen LogP contribution in [-0.4, -0.2) is 22.3 Å². The summed E-state index contributed by atoms with van der Waals surface area (Å²) in [7, 11) is 0. The quantitative estimate of drug-likeness (QED) is 0.720. The third-order valence-corrected chi connectivity index (χ3v) is 3.86. The van der Waals surface area contributed by atoms with Crippen molar-refractivity contribution in [3.05, 3.63) is 17.0 Å². The second kappa shape index (κ2) is 4.61. The molecule has 1 aromatic rings. The Morgan fingerprint density at radius 2 is 2.00 bits per heavy atom. The molecule has 4 nitrogen and oxygen atoms in total.